The molecule has 1 aromatic carbocycles. The third-order valence-corrected chi connectivity index (χ3v) is 3.20. The van der Waals surface area contributed by atoms with E-state index in [9.17, 15) is 0 Å². The lowest BCUT2D eigenvalue weighted by atomic mass is 10.1. The average molecular weight is 256 g/mol. The highest BCUT2D eigenvalue weighted by Gasteiger charge is 2.17. The number of nitrogens with one attached hydrogen (secondary N) is 1. The average Bonchev–Trinajstić information content (AvgIpc) is 2.69. The monoisotopic (exact) mass is 256 g/mol. The quantitative estimate of drug-likeness (QED) is 0.886. The topological polar surface area (TPSA) is 50.3 Å². The largest absolute Gasteiger partial charge is 0.480 e. The molecule has 0 spiro atoms. The summed E-state index contributed by atoms with van der Waals surface area (Å²) in [4.78, 5) is 10.8. The molecule has 0 unspecified atom stereocenters. The van der Waals surface area contributed by atoms with Crippen LogP contribution >= 0.6 is 0 Å². The first-order chi connectivity index (χ1) is 9.38. The van der Waals surface area contributed by atoms with Crippen molar-refractivity contribution in [2.24, 2.45) is 0 Å². The highest BCUT2D eigenvalue weighted by atomic mass is 16.5. The van der Waals surface area contributed by atoms with Gasteiger partial charge in [0, 0.05) is 25.3 Å². The summed E-state index contributed by atoms with van der Waals surface area (Å²) in [6.07, 6.45) is 3.39. The molecule has 2 heterocycles. The van der Waals surface area contributed by atoms with Gasteiger partial charge in [0.25, 0.3) is 0 Å². The Kier molecular flexibility index (Phi) is 3.29. The van der Waals surface area contributed by atoms with Crippen molar-refractivity contribution < 1.29 is 4.74 Å². The van der Waals surface area contributed by atoms with Gasteiger partial charge in [-0.25, -0.2) is 0 Å². The van der Waals surface area contributed by atoms with Crippen LogP contribution in [0.1, 0.15) is 5.56 Å². The van der Waals surface area contributed by atoms with Crippen molar-refractivity contribution in [3.63, 3.8) is 0 Å². The zero-order valence-corrected chi connectivity index (χ0v) is 10.8. The van der Waals surface area contributed by atoms with Gasteiger partial charge in [0.15, 0.2) is 5.82 Å². The molecule has 2 aromatic rings. The Balaban J connectivity index is 2.03. The van der Waals surface area contributed by atoms with Gasteiger partial charge in [0.05, 0.1) is 19.5 Å². The van der Waals surface area contributed by atoms with E-state index in [1.165, 1.54) is 11.3 Å². The highest BCUT2D eigenvalue weighted by molar-refractivity contribution is 5.64. The Morgan fingerprint density at radius 3 is 3.05 bits per heavy atom. The standard InChI is InChI=1S/C14H16N4O/c1-19-14-10-16-9-13(17-14)18-7-6-15-8-11-4-2-3-5-12(11)18/h2-5,9-10,15H,6-8H2,1H3. The second-order valence-corrected chi connectivity index (χ2v) is 4.38. The molecule has 0 radical (unpaired) electrons. The molecule has 3 rings (SSSR count). The summed E-state index contributed by atoms with van der Waals surface area (Å²) in [5.74, 6) is 1.35. The summed E-state index contributed by atoms with van der Waals surface area (Å²) < 4.78 is 5.15. The first-order valence-electron chi connectivity index (χ1n) is 6.30. The summed E-state index contributed by atoms with van der Waals surface area (Å²) in [6, 6.07) is 8.35. The maximum absolute atomic E-state index is 5.15. The predicted molar refractivity (Wildman–Crippen MR) is 73.7 cm³/mol. The molecule has 1 N–H and O–H groups in total. The number of hydrogen-bond acceptors (Lipinski definition) is 5. The molecule has 0 fully saturated rings. The third-order valence-electron chi connectivity index (χ3n) is 3.20. The SMILES string of the molecule is COc1cncc(N2CCNCc3ccccc32)n1. The Morgan fingerprint density at radius 2 is 2.16 bits per heavy atom. The molecule has 0 atom stereocenters. The smallest absolute Gasteiger partial charge is 0.234 e. The van der Waals surface area contributed by atoms with Crippen molar-refractivity contribution >= 4 is 11.5 Å². The maximum atomic E-state index is 5.15. The van der Waals surface area contributed by atoms with Crippen LogP contribution in [0, 0.1) is 0 Å². The van der Waals surface area contributed by atoms with Gasteiger partial charge in [-0.05, 0) is 11.6 Å². The van der Waals surface area contributed by atoms with Gasteiger partial charge in [-0.1, -0.05) is 18.2 Å². The molecule has 1 aromatic heterocycles. The van der Waals surface area contributed by atoms with Gasteiger partial charge in [-0.2, -0.15) is 4.98 Å². The summed E-state index contributed by atoms with van der Waals surface area (Å²) in [7, 11) is 1.60. The molecule has 0 saturated carbocycles. The first-order valence-corrected chi connectivity index (χ1v) is 6.30. The number of anilines is 2. The van der Waals surface area contributed by atoms with Gasteiger partial charge in [-0.3, -0.25) is 4.98 Å². The van der Waals surface area contributed by atoms with Crippen LogP contribution in [0.5, 0.6) is 5.88 Å². The minimum atomic E-state index is 0.534. The molecule has 5 nitrogen and oxygen atoms in total. The Hall–Kier alpha value is -2.14. The lowest BCUT2D eigenvalue weighted by Gasteiger charge is -2.23. The first kappa shape index (κ1) is 11.9. The van der Waals surface area contributed by atoms with Gasteiger partial charge in [0.1, 0.15) is 0 Å². The van der Waals surface area contributed by atoms with Crippen LogP contribution in [0.4, 0.5) is 11.5 Å². The molecule has 98 valence electrons. The van der Waals surface area contributed by atoms with Crippen LogP contribution in [0.15, 0.2) is 36.7 Å². The van der Waals surface area contributed by atoms with Crippen LogP contribution < -0.4 is 15.0 Å². The summed E-state index contributed by atoms with van der Waals surface area (Å²) >= 11 is 0. The zero-order valence-electron chi connectivity index (χ0n) is 10.8. The van der Waals surface area contributed by atoms with E-state index < -0.39 is 0 Å². The summed E-state index contributed by atoms with van der Waals surface area (Å²) in [5, 5.41) is 3.41. The number of aromatic nitrogens is 2. The molecule has 0 saturated heterocycles. The van der Waals surface area contributed by atoms with Crippen molar-refractivity contribution in [1.82, 2.24) is 15.3 Å². The number of ether oxygens (including phenoxy) is 1. The highest BCUT2D eigenvalue weighted by Crippen LogP contribution is 2.28. The van der Waals surface area contributed by atoms with Crippen LogP contribution in [-0.2, 0) is 6.54 Å². The van der Waals surface area contributed by atoms with Crippen molar-refractivity contribution in [2.45, 2.75) is 6.54 Å². The maximum Gasteiger partial charge on any atom is 0.234 e. The summed E-state index contributed by atoms with van der Waals surface area (Å²) in [6.45, 7) is 2.65. The van der Waals surface area contributed by atoms with E-state index in [1.807, 2.05) is 6.07 Å². The fourth-order valence-electron chi connectivity index (χ4n) is 2.26. The molecule has 0 bridgehead atoms. The lowest BCUT2D eigenvalue weighted by Crippen LogP contribution is -2.25. The predicted octanol–water partition coefficient (Wildman–Crippen LogP) is 1.73. The van der Waals surface area contributed by atoms with E-state index in [-0.39, 0.29) is 0 Å². The van der Waals surface area contributed by atoms with E-state index in [0.717, 1.165) is 25.5 Å². The van der Waals surface area contributed by atoms with Crippen molar-refractivity contribution in [3.8, 4) is 5.88 Å². The Labute approximate surface area is 112 Å². The molecule has 0 aliphatic carbocycles. The van der Waals surface area contributed by atoms with Crippen LogP contribution in [0.25, 0.3) is 0 Å². The Morgan fingerprint density at radius 1 is 1.26 bits per heavy atom. The number of hydrogen-bond donors (Lipinski definition) is 1. The van der Waals surface area contributed by atoms with Crippen molar-refractivity contribution in [2.75, 3.05) is 25.1 Å². The number of nitrogens with zero attached hydrogens (tertiary/aromatic N) is 3. The van der Waals surface area contributed by atoms with Gasteiger partial charge >= 0.3 is 0 Å². The number of benzene rings is 1. The molecule has 19 heavy (non-hydrogen) atoms. The fourth-order valence-corrected chi connectivity index (χ4v) is 2.26. The summed E-state index contributed by atoms with van der Waals surface area (Å²) in [5.41, 5.74) is 2.44. The van der Waals surface area contributed by atoms with E-state index >= 15 is 0 Å². The second kappa shape index (κ2) is 5.24. The minimum Gasteiger partial charge on any atom is -0.480 e. The lowest BCUT2D eigenvalue weighted by molar-refractivity contribution is 0.396. The molecule has 1 aliphatic rings. The van der Waals surface area contributed by atoms with Gasteiger partial charge in [0.2, 0.25) is 5.88 Å². The molecule has 1 aliphatic heterocycles. The van der Waals surface area contributed by atoms with Crippen molar-refractivity contribution in [3.05, 3.63) is 42.2 Å². The molecule has 0 amide bonds. The minimum absolute atomic E-state index is 0.534. The third kappa shape index (κ3) is 2.37. The van der Waals surface area contributed by atoms with E-state index in [4.69, 9.17) is 4.74 Å². The van der Waals surface area contributed by atoms with Gasteiger partial charge < -0.3 is 15.0 Å². The van der Waals surface area contributed by atoms with E-state index in [2.05, 4.69) is 38.4 Å². The van der Waals surface area contributed by atoms with Crippen LogP contribution in [-0.4, -0.2) is 30.2 Å². The second-order valence-electron chi connectivity index (χ2n) is 4.38. The number of fused-ring (bicyclic) bond motifs is 1. The van der Waals surface area contributed by atoms with Gasteiger partial charge in [-0.15, -0.1) is 0 Å². The molecule has 5 heteroatoms. The normalized spacial score (nSPS) is 14.7. The molecular weight excluding hydrogens is 240 g/mol. The van der Waals surface area contributed by atoms with Crippen molar-refractivity contribution in [1.29, 1.82) is 0 Å². The number of rotatable bonds is 2. The fraction of sp³-hybridized carbons (Fsp3) is 0.286. The molecular formula is C14H16N4O. The number of methoxy groups -OCH3 is 1. The number of para-hydroxylation sites is 1. The van der Waals surface area contributed by atoms with E-state index in [1.54, 1.807) is 19.5 Å². The van der Waals surface area contributed by atoms with Crippen LogP contribution in [0.2, 0.25) is 0 Å². The van der Waals surface area contributed by atoms with Crippen LogP contribution in [0.3, 0.4) is 0 Å². The zero-order chi connectivity index (χ0) is 13.1. The van der Waals surface area contributed by atoms with E-state index in [0.29, 0.717) is 5.88 Å². The Bertz CT molecular complexity index is 573.